The van der Waals surface area contributed by atoms with Crippen LogP contribution >= 0.6 is 0 Å². The molecule has 0 bridgehead atoms. The number of piperidine rings is 1. The van der Waals surface area contributed by atoms with Crippen LogP contribution in [0.4, 0.5) is 0 Å². The number of amides is 1. The van der Waals surface area contributed by atoms with Crippen LogP contribution in [0.15, 0.2) is 30.3 Å². The number of nitrogens with zero attached hydrogens (tertiary/aromatic N) is 1. The molecule has 0 radical (unpaired) electrons. The van der Waals surface area contributed by atoms with Crippen LogP contribution in [0.5, 0.6) is 5.75 Å². The second kappa shape index (κ2) is 11.3. The van der Waals surface area contributed by atoms with Crippen molar-refractivity contribution in [3.05, 3.63) is 35.9 Å². The molecule has 1 aliphatic carbocycles. The van der Waals surface area contributed by atoms with Gasteiger partial charge in [0.2, 0.25) is 5.91 Å². The Morgan fingerprint density at radius 1 is 1.07 bits per heavy atom. The van der Waals surface area contributed by atoms with E-state index < -0.39 is 0 Å². The second-order valence-corrected chi connectivity index (χ2v) is 8.00. The van der Waals surface area contributed by atoms with Crippen molar-refractivity contribution < 1.29 is 19.7 Å². The number of allylic oxidation sites excluding steroid dienone is 2. The molecule has 29 heavy (non-hydrogen) atoms. The molecular formula is C23H34N2O4. The van der Waals surface area contributed by atoms with Crippen LogP contribution in [0.25, 0.3) is 5.57 Å². The fraction of sp³-hybridized carbons (Fsp3) is 0.609. The Bertz CT molecular complexity index is 662. The first-order chi connectivity index (χ1) is 14.2. The van der Waals surface area contributed by atoms with Gasteiger partial charge < -0.3 is 25.2 Å². The second-order valence-electron chi connectivity index (χ2n) is 8.00. The fourth-order valence-electron chi connectivity index (χ4n) is 4.18. The zero-order valence-electron chi connectivity index (χ0n) is 17.2. The predicted molar refractivity (Wildman–Crippen MR) is 114 cm³/mol. The number of aliphatic hydroxyl groups excluding tert-OH is 2. The van der Waals surface area contributed by atoms with Crippen molar-refractivity contribution in [1.29, 1.82) is 0 Å². The van der Waals surface area contributed by atoms with Gasteiger partial charge in [-0.3, -0.25) is 4.79 Å². The summed E-state index contributed by atoms with van der Waals surface area (Å²) in [5.74, 6) is 1.53. The van der Waals surface area contributed by atoms with E-state index >= 15 is 0 Å². The third-order valence-electron chi connectivity index (χ3n) is 5.98. The van der Waals surface area contributed by atoms with Crippen molar-refractivity contribution in [3.8, 4) is 5.75 Å². The minimum atomic E-state index is -0.0778. The molecule has 6 nitrogen and oxygen atoms in total. The summed E-state index contributed by atoms with van der Waals surface area (Å²) in [7, 11) is 0. The molecule has 0 aromatic heterocycles. The van der Waals surface area contributed by atoms with Crippen LogP contribution < -0.4 is 10.1 Å². The lowest BCUT2D eigenvalue weighted by Gasteiger charge is -2.28. The Hall–Kier alpha value is -1.89. The maximum atomic E-state index is 12.6. The van der Waals surface area contributed by atoms with Gasteiger partial charge in [-0.15, -0.1) is 0 Å². The van der Waals surface area contributed by atoms with Gasteiger partial charge in [-0.2, -0.15) is 0 Å². The van der Waals surface area contributed by atoms with E-state index in [9.17, 15) is 4.79 Å². The van der Waals surface area contributed by atoms with Crippen LogP contribution in [-0.4, -0.2) is 67.0 Å². The Kier molecular flexibility index (Phi) is 8.52. The highest BCUT2D eigenvalue weighted by molar-refractivity contribution is 5.80. The minimum absolute atomic E-state index is 0.0325. The summed E-state index contributed by atoms with van der Waals surface area (Å²) < 4.78 is 5.97. The molecule has 1 aliphatic heterocycles. The van der Waals surface area contributed by atoms with Crippen molar-refractivity contribution >= 4 is 11.5 Å². The Balaban J connectivity index is 1.51. The zero-order chi connectivity index (χ0) is 20.5. The van der Waals surface area contributed by atoms with Gasteiger partial charge in [0.05, 0.1) is 19.8 Å². The number of carbonyl (C=O) groups is 1. The molecule has 1 unspecified atom stereocenters. The van der Waals surface area contributed by atoms with E-state index in [1.807, 2.05) is 12.1 Å². The summed E-state index contributed by atoms with van der Waals surface area (Å²) in [6, 6.07) is 8.29. The van der Waals surface area contributed by atoms with Gasteiger partial charge in [0, 0.05) is 19.0 Å². The quantitative estimate of drug-likeness (QED) is 0.589. The molecule has 1 aromatic carbocycles. The normalized spacial score (nSPS) is 20.2. The van der Waals surface area contributed by atoms with Crippen molar-refractivity contribution in [2.24, 2.45) is 11.8 Å². The molecule has 0 saturated carbocycles. The molecule has 1 atom stereocenters. The molecule has 1 amide bonds. The molecule has 160 valence electrons. The predicted octanol–water partition coefficient (Wildman–Crippen LogP) is 2.06. The van der Waals surface area contributed by atoms with Crippen LogP contribution in [-0.2, 0) is 4.79 Å². The SMILES string of the molecule is O=C(C1CC=C(c2ccc(OCC3CCNCC3)cc2)CC1)N(CCO)CCO. The molecule has 1 aromatic rings. The first kappa shape index (κ1) is 21.8. The standard InChI is InChI=1S/C23H34N2O4/c26-15-13-25(14-16-27)23(28)21-3-1-19(2-4-21)20-5-7-22(8-6-20)29-17-18-9-11-24-12-10-18/h1,5-8,18,21,24,26-27H,2-4,9-17H2. The highest BCUT2D eigenvalue weighted by Crippen LogP contribution is 2.32. The van der Waals surface area contributed by atoms with E-state index in [0.29, 0.717) is 12.3 Å². The van der Waals surface area contributed by atoms with E-state index in [1.165, 1.54) is 24.0 Å². The van der Waals surface area contributed by atoms with E-state index in [1.54, 1.807) is 4.90 Å². The van der Waals surface area contributed by atoms with Crippen molar-refractivity contribution in [1.82, 2.24) is 10.2 Å². The molecular weight excluding hydrogens is 368 g/mol. The number of nitrogens with one attached hydrogen (secondary N) is 1. The molecule has 1 fully saturated rings. The van der Waals surface area contributed by atoms with E-state index in [2.05, 4.69) is 23.5 Å². The molecule has 3 rings (SSSR count). The lowest BCUT2D eigenvalue weighted by Crippen LogP contribution is -2.40. The summed E-state index contributed by atoms with van der Waals surface area (Å²) in [5.41, 5.74) is 2.46. The van der Waals surface area contributed by atoms with Gasteiger partial charge in [0.1, 0.15) is 5.75 Å². The van der Waals surface area contributed by atoms with Gasteiger partial charge in [-0.25, -0.2) is 0 Å². The largest absolute Gasteiger partial charge is 0.493 e. The van der Waals surface area contributed by atoms with E-state index in [0.717, 1.165) is 38.3 Å². The average molecular weight is 403 g/mol. The number of aliphatic hydroxyl groups is 2. The summed E-state index contributed by atoms with van der Waals surface area (Å²) in [4.78, 5) is 14.2. The lowest BCUT2D eigenvalue weighted by atomic mass is 9.85. The third-order valence-corrected chi connectivity index (χ3v) is 5.98. The van der Waals surface area contributed by atoms with Crippen LogP contribution in [0.1, 0.15) is 37.7 Å². The highest BCUT2D eigenvalue weighted by atomic mass is 16.5. The summed E-state index contributed by atoms with van der Waals surface area (Å²) >= 11 is 0. The highest BCUT2D eigenvalue weighted by Gasteiger charge is 2.26. The van der Waals surface area contributed by atoms with Crippen LogP contribution in [0.2, 0.25) is 0 Å². The maximum Gasteiger partial charge on any atom is 0.226 e. The Labute approximate surface area is 173 Å². The van der Waals surface area contributed by atoms with E-state index in [4.69, 9.17) is 14.9 Å². The monoisotopic (exact) mass is 402 g/mol. The average Bonchev–Trinajstić information content (AvgIpc) is 2.78. The zero-order valence-corrected chi connectivity index (χ0v) is 17.2. The van der Waals surface area contributed by atoms with Crippen molar-refractivity contribution in [3.63, 3.8) is 0 Å². The minimum Gasteiger partial charge on any atom is -0.493 e. The van der Waals surface area contributed by atoms with Crippen LogP contribution in [0.3, 0.4) is 0 Å². The lowest BCUT2D eigenvalue weighted by molar-refractivity contribution is -0.136. The molecule has 1 heterocycles. The van der Waals surface area contributed by atoms with Crippen molar-refractivity contribution in [2.75, 3.05) is 46.0 Å². The summed E-state index contributed by atoms with van der Waals surface area (Å²) in [5, 5.41) is 21.6. The first-order valence-electron chi connectivity index (χ1n) is 10.8. The van der Waals surface area contributed by atoms with Crippen molar-refractivity contribution in [2.45, 2.75) is 32.1 Å². The number of rotatable bonds is 9. The molecule has 1 saturated heterocycles. The molecule has 3 N–H and O–H groups in total. The van der Waals surface area contributed by atoms with Gasteiger partial charge in [-0.1, -0.05) is 18.2 Å². The Morgan fingerprint density at radius 2 is 1.76 bits per heavy atom. The van der Waals surface area contributed by atoms with Gasteiger partial charge in [-0.05, 0) is 74.4 Å². The third kappa shape index (κ3) is 6.29. The number of carbonyl (C=O) groups excluding carboxylic acids is 1. The van der Waals surface area contributed by atoms with Gasteiger partial charge >= 0.3 is 0 Å². The van der Waals surface area contributed by atoms with Gasteiger partial charge in [0.25, 0.3) is 0 Å². The Morgan fingerprint density at radius 3 is 2.34 bits per heavy atom. The number of hydrogen-bond acceptors (Lipinski definition) is 5. The molecule has 0 spiro atoms. The van der Waals surface area contributed by atoms with Gasteiger partial charge in [0.15, 0.2) is 0 Å². The fourth-order valence-corrected chi connectivity index (χ4v) is 4.18. The van der Waals surface area contributed by atoms with Crippen LogP contribution in [0, 0.1) is 11.8 Å². The smallest absolute Gasteiger partial charge is 0.226 e. The topological polar surface area (TPSA) is 82.0 Å². The number of ether oxygens (including phenoxy) is 1. The number of benzene rings is 1. The molecule has 2 aliphatic rings. The van der Waals surface area contributed by atoms with E-state index in [-0.39, 0.29) is 38.1 Å². The molecule has 6 heteroatoms. The summed E-state index contributed by atoms with van der Waals surface area (Å²) in [6.45, 7) is 3.37. The number of hydrogen-bond donors (Lipinski definition) is 3. The first-order valence-corrected chi connectivity index (χ1v) is 10.8. The summed E-state index contributed by atoms with van der Waals surface area (Å²) in [6.07, 6.45) is 6.88. The maximum absolute atomic E-state index is 12.6.